The molecule has 0 unspecified atom stereocenters. The second-order valence-corrected chi connectivity index (χ2v) is 7.39. The third-order valence-electron chi connectivity index (χ3n) is 4.27. The van der Waals surface area contributed by atoms with Gasteiger partial charge < -0.3 is 0 Å². The monoisotopic (exact) mass is 397 g/mol. The molecule has 0 spiro atoms. The van der Waals surface area contributed by atoms with Crippen molar-refractivity contribution in [1.82, 2.24) is 9.88 Å². The van der Waals surface area contributed by atoms with E-state index >= 15 is 0 Å². The summed E-state index contributed by atoms with van der Waals surface area (Å²) in [4.78, 5) is 24.3. The number of benzene rings is 2. The number of carbonyl (C=O) groups is 1. The van der Waals surface area contributed by atoms with Gasteiger partial charge in [-0.15, -0.1) is 0 Å². The fraction of sp³-hybridized carbons (Fsp3) is 0.0417. The van der Waals surface area contributed by atoms with E-state index in [1.807, 2.05) is 91.0 Å². The summed E-state index contributed by atoms with van der Waals surface area (Å²) in [5.74, 6) is -0.0498. The molecule has 1 amide bonds. The molecule has 0 atom stereocenters. The van der Waals surface area contributed by atoms with E-state index in [9.17, 15) is 4.79 Å². The summed E-state index contributed by atoms with van der Waals surface area (Å²) < 4.78 is 0. The highest BCUT2D eigenvalue weighted by molar-refractivity contribution is 8.18. The van der Waals surface area contributed by atoms with Crippen molar-refractivity contribution in [3.05, 3.63) is 113 Å². The fourth-order valence-electron chi connectivity index (χ4n) is 2.84. The fourth-order valence-corrected chi connectivity index (χ4v) is 3.79. The van der Waals surface area contributed by atoms with Crippen molar-refractivity contribution in [2.24, 2.45) is 4.99 Å². The predicted octanol–water partition coefficient (Wildman–Crippen LogP) is 5.44. The number of rotatable bonds is 5. The molecule has 1 aliphatic rings. The molecule has 4 nitrogen and oxygen atoms in total. The summed E-state index contributed by atoms with van der Waals surface area (Å²) in [6.07, 6.45) is 9.24. The Hall–Kier alpha value is -3.44. The van der Waals surface area contributed by atoms with E-state index in [1.54, 1.807) is 17.3 Å². The molecule has 4 rings (SSSR count). The van der Waals surface area contributed by atoms with Crippen molar-refractivity contribution in [2.75, 3.05) is 0 Å². The van der Waals surface area contributed by atoms with Crippen molar-refractivity contribution >= 4 is 34.6 Å². The van der Waals surface area contributed by atoms with Crippen LogP contribution in [-0.2, 0) is 11.3 Å². The zero-order chi connectivity index (χ0) is 19.9. The lowest BCUT2D eigenvalue weighted by Gasteiger charge is -2.15. The molecular weight excluding hydrogens is 378 g/mol. The Bertz CT molecular complexity index is 1060. The normalized spacial score (nSPS) is 17.0. The van der Waals surface area contributed by atoms with E-state index in [-0.39, 0.29) is 5.91 Å². The SMILES string of the molecule is O=C1C(=CC=Cc2ccccc2)SC(=Nc2ccccc2)N1Cc1cccnc1. The minimum absolute atomic E-state index is 0.0498. The molecular formula is C24H19N3OS. The molecule has 0 bridgehead atoms. The van der Waals surface area contributed by atoms with Crippen molar-refractivity contribution < 1.29 is 4.79 Å². The lowest BCUT2D eigenvalue weighted by molar-refractivity contribution is -0.122. The van der Waals surface area contributed by atoms with Gasteiger partial charge >= 0.3 is 0 Å². The molecule has 1 aromatic heterocycles. The van der Waals surface area contributed by atoms with Gasteiger partial charge in [0.1, 0.15) is 0 Å². The first-order valence-corrected chi connectivity index (χ1v) is 10.1. The van der Waals surface area contributed by atoms with Gasteiger partial charge in [-0.1, -0.05) is 66.7 Å². The number of para-hydroxylation sites is 1. The van der Waals surface area contributed by atoms with E-state index in [0.29, 0.717) is 16.6 Å². The molecule has 29 heavy (non-hydrogen) atoms. The van der Waals surface area contributed by atoms with Crippen LogP contribution in [0.5, 0.6) is 0 Å². The quantitative estimate of drug-likeness (QED) is 0.539. The summed E-state index contributed by atoms with van der Waals surface area (Å²) >= 11 is 1.39. The van der Waals surface area contributed by atoms with Crippen molar-refractivity contribution in [3.8, 4) is 0 Å². The highest BCUT2D eigenvalue weighted by Gasteiger charge is 2.33. The maximum Gasteiger partial charge on any atom is 0.267 e. The Morgan fingerprint density at radius 3 is 2.45 bits per heavy atom. The third-order valence-corrected chi connectivity index (χ3v) is 5.29. The van der Waals surface area contributed by atoms with Crippen LogP contribution >= 0.6 is 11.8 Å². The number of amidine groups is 1. The number of carbonyl (C=O) groups excluding carboxylic acids is 1. The van der Waals surface area contributed by atoms with Crippen LogP contribution in [0.3, 0.4) is 0 Å². The molecule has 3 aromatic rings. The van der Waals surface area contributed by atoms with Crippen LogP contribution in [0.2, 0.25) is 0 Å². The molecule has 0 N–H and O–H groups in total. The maximum atomic E-state index is 13.1. The average Bonchev–Trinajstić information content (AvgIpc) is 3.05. The summed E-state index contributed by atoms with van der Waals surface area (Å²) in [7, 11) is 0. The van der Waals surface area contributed by atoms with Gasteiger partial charge in [-0.3, -0.25) is 14.7 Å². The number of hydrogen-bond donors (Lipinski definition) is 0. The summed E-state index contributed by atoms with van der Waals surface area (Å²) in [5, 5.41) is 0.671. The number of thioether (sulfide) groups is 1. The number of nitrogens with zero attached hydrogens (tertiary/aromatic N) is 3. The molecule has 1 fully saturated rings. The van der Waals surface area contributed by atoms with Crippen LogP contribution in [0.4, 0.5) is 5.69 Å². The molecule has 1 aliphatic heterocycles. The second-order valence-electron chi connectivity index (χ2n) is 6.39. The zero-order valence-corrected chi connectivity index (χ0v) is 16.5. The van der Waals surface area contributed by atoms with Crippen molar-refractivity contribution in [1.29, 1.82) is 0 Å². The Labute approximate surface area is 174 Å². The van der Waals surface area contributed by atoms with Crippen molar-refractivity contribution in [3.63, 3.8) is 0 Å². The first-order valence-electron chi connectivity index (χ1n) is 9.25. The van der Waals surface area contributed by atoms with E-state index < -0.39 is 0 Å². The molecule has 0 saturated carbocycles. The average molecular weight is 398 g/mol. The molecule has 5 heteroatoms. The first kappa shape index (κ1) is 18.9. The lowest BCUT2D eigenvalue weighted by Crippen LogP contribution is -2.28. The van der Waals surface area contributed by atoms with Gasteiger partial charge in [-0.05, 0) is 47.2 Å². The standard InChI is InChI=1S/C24H19N3OS/c28-23-22(15-7-11-19-9-3-1-4-10-19)29-24(26-21-13-5-2-6-14-21)27(23)18-20-12-8-16-25-17-20/h1-17H,18H2. The van der Waals surface area contributed by atoms with Crippen LogP contribution in [0.1, 0.15) is 11.1 Å². The van der Waals surface area contributed by atoms with E-state index in [0.717, 1.165) is 16.8 Å². The summed E-state index contributed by atoms with van der Waals surface area (Å²) in [5.41, 5.74) is 2.87. The molecule has 2 heterocycles. The van der Waals surface area contributed by atoms with Crippen LogP contribution in [-0.4, -0.2) is 21.0 Å². The molecule has 2 aromatic carbocycles. The van der Waals surface area contributed by atoms with Crippen molar-refractivity contribution in [2.45, 2.75) is 6.54 Å². The first-order chi connectivity index (χ1) is 14.3. The van der Waals surface area contributed by atoms with Gasteiger partial charge in [0.2, 0.25) is 0 Å². The second kappa shape index (κ2) is 9.17. The maximum absolute atomic E-state index is 13.1. The van der Waals surface area contributed by atoms with E-state index in [4.69, 9.17) is 4.99 Å². The number of aromatic nitrogens is 1. The van der Waals surface area contributed by atoms with Crippen LogP contribution in [0.15, 0.2) is 107 Å². The van der Waals surface area contributed by atoms with Gasteiger partial charge in [-0.2, -0.15) is 0 Å². The number of amides is 1. The Balaban J connectivity index is 1.61. The smallest absolute Gasteiger partial charge is 0.267 e. The van der Waals surface area contributed by atoms with Crippen LogP contribution in [0, 0.1) is 0 Å². The minimum atomic E-state index is -0.0498. The summed E-state index contributed by atoms with van der Waals surface area (Å²) in [6.45, 7) is 0.436. The van der Waals surface area contributed by atoms with Crippen LogP contribution in [0.25, 0.3) is 6.08 Å². The number of allylic oxidation sites excluding steroid dienone is 2. The van der Waals surface area contributed by atoms with Gasteiger partial charge in [0.05, 0.1) is 17.1 Å². The minimum Gasteiger partial charge on any atom is -0.282 e. The third kappa shape index (κ3) is 4.89. The number of pyridine rings is 1. The molecule has 0 radical (unpaired) electrons. The van der Waals surface area contributed by atoms with Gasteiger partial charge in [0.15, 0.2) is 5.17 Å². The summed E-state index contributed by atoms with van der Waals surface area (Å²) in [6, 6.07) is 23.5. The largest absolute Gasteiger partial charge is 0.282 e. The molecule has 142 valence electrons. The number of aliphatic imine (C=N–C) groups is 1. The Morgan fingerprint density at radius 2 is 1.72 bits per heavy atom. The highest BCUT2D eigenvalue weighted by atomic mass is 32.2. The van der Waals surface area contributed by atoms with Crippen LogP contribution < -0.4 is 0 Å². The number of hydrogen-bond acceptors (Lipinski definition) is 4. The van der Waals surface area contributed by atoms with E-state index in [1.165, 1.54) is 11.8 Å². The lowest BCUT2D eigenvalue weighted by atomic mass is 10.2. The van der Waals surface area contributed by atoms with E-state index in [2.05, 4.69) is 4.98 Å². The van der Waals surface area contributed by atoms with Gasteiger partial charge in [-0.25, -0.2) is 4.99 Å². The Kier molecular flexibility index (Phi) is 5.98. The highest BCUT2D eigenvalue weighted by Crippen LogP contribution is 2.33. The Morgan fingerprint density at radius 1 is 0.966 bits per heavy atom. The predicted molar refractivity (Wildman–Crippen MR) is 119 cm³/mol. The van der Waals surface area contributed by atoms with Gasteiger partial charge in [0.25, 0.3) is 5.91 Å². The molecule has 0 aliphatic carbocycles. The molecule has 1 saturated heterocycles. The zero-order valence-electron chi connectivity index (χ0n) is 15.7. The topological polar surface area (TPSA) is 45.6 Å². The van der Waals surface area contributed by atoms with Gasteiger partial charge in [0, 0.05) is 12.4 Å².